The Morgan fingerprint density at radius 2 is 1.82 bits per heavy atom. The summed E-state index contributed by atoms with van der Waals surface area (Å²) in [5.74, 6) is -1.37. The standard InChI is InChI=1S/C23H23N3O6S2/c27-22-21(26(34(30,31)25-22)14-19-7-4-12-33-19)24-20(23(28)29)13-16-8-10-18(11-9-16)32-15-17-5-2-1-3-6-17/h1-12,20-21,24H,13-15H2,(H,25,27)(H,28,29)/t20-,21+/m0/s1. The molecule has 3 aromatic rings. The van der Waals surface area contributed by atoms with Crippen LogP contribution in [0.4, 0.5) is 0 Å². The zero-order valence-corrected chi connectivity index (χ0v) is 19.6. The van der Waals surface area contributed by atoms with Crippen LogP contribution in [0.15, 0.2) is 72.1 Å². The number of nitrogens with zero attached hydrogens (tertiary/aromatic N) is 1. The minimum Gasteiger partial charge on any atom is -0.489 e. The van der Waals surface area contributed by atoms with Gasteiger partial charge in [-0.25, -0.2) is 4.72 Å². The first-order valence-electron chi connectivity index (χ1n) is 10.4. The molecule has 1 fully saturated rings. The molecule has 0 radical (unpaired) electrons. The van der Waals surface area contributed by atoms with Gasteiger partial charge in [0.25, 0.3) is 5.91 Å². The van der Waals surface area contributed by atoms with Crippen molar-refractivity contribution in [3.63, 3.8) is 0 Å². The van der Waals surface area contributed by atoms with Crippen molar-refractivity contribution < 1.29 is 27.9 Å². The lowest BCUT2D eigenvalue weighted by atomic mass is 10.1. The summed E-state index contributed by atoms with van der Waals surface area (Å²) in [5.41, 5.74) is 1.72. The first-order valence-corrected chi connectivity index (χ1v) is 12.7. The number of amides is 1. The number of carboxylic acid groups (broad SMARTS) is 1. The van der Waals surface area contributed by atoms with Gasteiger partial charge in [-0.2, -0.15) is 12.7 Å². The summed E-state index contributed by atoms with van der Waals surface area (Å²) in [5, 5.41) is 14.2. The molecule has 1 aromatic heterocycles. The summed E-state index contributed by atoms with van der Waals surface area (Å²) in [6.45, 7) is 0.362. The predicted octanol–water partition coefficient (Wildman–Crippen LogP) is 2.12. The summed E-state index contributed by atoms with van der Waals surface area (Å²) < 4.78 is 33.5. The van der Waals surface area contributed by atoms with Crippen LogP contribution in [-0.4, -0.2) is 41.9 Å². The lowest BCUT2D eigenvalue weighted by Gasteiger charge is -2.24. The molecule has 0 unspecified atom stereocenters. The van der Waals surface area contributed by atoms with Crippen molar-refractivity contribution in [3.05, 3.63) is 88.1 Å². The number of carboxylic acids is 1. The number of benzene rings is 2. The highest BCUT2D eigenvalue weighted by atomic mass is 32.2. The maximum Gasteiger partial charge on any atom is 0.321 e. The van der Waals surface area contributed by atoms with Gasteiger partial charge in [0.15, 0.2) is 6.17 Å². The van der Waals surface area contributed by atoms with Gasteiger partial charge in [0, 0.05) is 4.88 Å². The predicted molar refractivity (Wildman–Crippen MR) is 126 cm³/mol. The molecule has 0 spiro atoms. The number of carbonyl (C=O) groups is 2. The van der Waals surface area contributed by atoms with Gasteiger partial charge in [-0.15, -0.1) is 11.3 Å². The van der Waals surface area contributed by atoms with Crippen LogP contribution >= 0.6 is 11.3 Å². The summed E-state index contributed by atoms with van der Waals surface area (Å²) in [4.78, 5) is 25.0. The summed E-state index contributed by atoms with van der Waals surface area (Å²) in [7, 11) is -4.07. The second kappa shape index (κ2) is 10.3. The molecule has 4 rings (SSSR count). The number of thiophene rings is 1. The van der Waals surface area contributed by atoms with E-state index in [1.807, 2.05) is 35.1 Å². The van der Waals surface area contributed by atoms with Crippen molar-refractivity contribution in [2.24, 2.45) is 0 Å². The topological polar surface area (TPSA) is 125 Å². The highest BCUT2D eigenvalue weighted by Crippen LogP contribution is 2.21. The third-order valence-electron chi connectivity index (χ3n) is 5.24. The van der Waals surface area contributed by atoms with Gasteiger partial charge in [-0.05, 0) is 41.1 Å². The molecule has 9 nitrogen and oxygen atoms in total. The first kappa shape index (κ1) is 23.9. The van der Waals surface area contributed by atoms with E-state index in [0.717, 1.165) is 14.7 Å². The van der Waals surface area contributed by atoms with Crippen LogP contribution in [0.1, 0.15) is 16.0 Å². The number of carbonyl (C=O) groups excluding carboxylic acids is 1. The third kappa shape index (κ3) is 5.81. The molecule has 3 N–H and O–H groups in total. The smallest absolute Gasteiger partial charge is 0.321 e. The molecule has 0 saturated carbocycles. The van der Waals surface area contributed by atoms with E-state index in [-0.39, 0.29) is 13.0 Å². The molecule has 1 amide bonds. The molecule has 2 heterocycles. The highest BCUT2D eigenvalue weighted by molar-refractivity contribution is 7.88. The second-order valence-electron chi connectivity index (χ2n) is 7.68. The van der Waals surface area contributed by atoms with Crippen molar-refractivity contribution in [3.8, 4) is 5.75 Å². The first-order chi connectivity index (χ1) is 16.3. The minimum atomic E-state index is -4.07. The van der Waals surface area contributed by atoms with Crippen molar-refractivity contribution in [2.75, 3.05) is 0 Å². The average Bonchev–Trinajstić information content (AvgIpc) is 3.40. The van der Waals surface area contributed by atoms with E-state index in [0.29, 0.717) is 17.9 Å². The van der Waals surface area contributed by atoms with Crippen LogP contribution in [0.3, 0.4) is 0 Å². The van der Waals surface area contributed by atoms with Gasteiger partial charge in [-0.1, -0.05) is 48.5 Å². The monoisotopic (exact) mass is 501 g/mol. The van der Waals surface area contributed by atoms with Crippen molar-refractivity contribution in [2.45, 2.75) is 31.8 Å². The molecule has 1 aliphatic heterocycles. The molecule has 178 valence electrons. The Morgan fingerprint density at radius 3 is 2.47 bits per heavy atom. The number of aliphatic carboxylic acids is 1. The molecule has 1 saturated heterocycles. The maximum absolute atomic E-state index is 12.4. The highest BCUT2D eigenvalue weighted by Gasteiger charge is 2.45. The van der Waals surface area contributed by atoms with Gasteiger partial charge >= 0.3 is 16.2 Å². The summed E-state index contributed by atoms with van der Waals surface area (Å²) >= 11 is 1.34. The van der Waals surface area contributed by atoms with E-state index in [9.17, 15) is 23.1 Å². The molecule has 1 aliphatic rings. The Labute approximate surface area is 201 Å². The van der Waals surface area contributed by atoms with Crippen molar-refractivity contribution in [1.82, 2.24) is 14.3 Å². The Hall–Kier alpha value is -3.25. The SMILES string of the molecule is O=C(O)[C@H](Cc1ccc(OCc2ccccc2)cc1)N[C@H]1C(=O)NS(=O)(=O)N1Cc1cccs1. The number of hydrogen-bond acceptors (Lipinski definition) is 7. The molecule has 11 heteroatoms. The summed E-state index contributed by atoms with van der Waals surface area (Å²) in [6, 6.07) is 19.0. The van der Waals surface area contributed by atoms with E-state index in [2.05, 4.69) is 5.32 Å². The van der Waals surface area contributed by atoms with E-state index >= 15 is 0 Å². The molecule has 2 aromatic carbocycles. The average molecular weight is 502 g/mol. The fourth-order valence-corrected chi connectivity index (χ4v) is 5.52. The molecule has 2 atom stereocenters. The van der Waals surface area contributed by atoms with Crippen LogP contribution in [0.2, 0.25) is 0 Å². The third-order valence-corrected chi connectivity index (χ3v) is 7.51. The van der Waals surface area contributed by atoms with Crippen LogP contribution < -0.4 is 14.8 Å². The van der Waals surface area contributed by atoms with Crippen molar-refractivity contribution >= 4 is 33.4 Å². The van der Waals surface area contributed by atoms with Gasteiger partial charge in [-0.3, -0.25) is 14.9 Å². The Bertz CT molecular complexity index is 1230. The normalized spacial score (nSPS) is 18.4. The van der Waals surface area contributed by atoms with Gasteiger partial charge in [0.1, 0.15) is 18.4 Å². The largest absolute Gasteiger partial charge is 0.489 e. The van der Waals surface area contributed by atoms with Gasteiger partial charge < -0.3 is 9.84 Å². The van der Waals surface area contributed by atoms with Crippen LogP contribution in [0.5, 0.6) is 5.75 Å². The van der Waals surface area contributed by atoms with E-state index in [1.165, 1.54) is 11.3 Å². The number of ether oxygens (including phenoxy) is 1. The molecule has 0 aliphatic carbocycles. The molecular weight excluding hydrogens is 478 g/mol. The number of rotatable bonds is 10. The van der Waals surface area contributed by atoms with Gasteiger partial charge in [0.2, 0.25) is 0 Å². The zero-order chi connectivity index (χ0) is 24.1. The Balaban J connectivity index is 1.42. The Morgan fingerprint density at radius 1 is 1.09 bits per heavy atom. The summed E-state index contributed by atoms with van der Waals surface area (Å²) in [6.07, 6.45) is -1.29. The number of hydrogen-bond donors (Lipinski definition) is 3. The Kier molecular flexibility index (Phi) is 7.27. The minimum absolute atomic E-state index is 0.0454. The molecule has 34 heavy (non-hydrogen) atoms. The maximum atomic E-state index is 12.4. The quantitative estimate of drug-likeness (QED) is 0.389. The number of nitrogens with one attached hydrogen (secondary N) is 2. The van der Waals surface area contributed by atoms with E-state index in [1.54, 1.807) is 41.8 Å². The fourth-order valence-electron chi connectivity index (χ4n) is 3.51. The van der Waals surface area contributed by atoms with Crippen LogP contribution in [0.25, 0.3) is 0 Å². The molecule has 0 bridgehead atoms. The molecular formula is C23H23N3O6S2. The van der Waals surface area contributed by atoms with Gasteiger partial charge in [0.05, 0.1) is 6.54 Å². The van der Waals surface area contributed by atoms with E-state index in [4.69, 9.17) is 4.74 Å². The zero-order valence-electron chi connectivity index (χ0n) is 18.0. The lowest BCUT2D eigenvalue weighted by Crippen LogP contribution is -2.53. The van der Waals surface area contributed by atoms with Crippen molar-refractivity contribution in [1.29, 1.82) is 0 Å². The van der Waals surface area contributed by atoms with E-state index < -0.39 is 34.3 Å². The fraction of sp³-hybridized carbons (Fsp3) is 0.217. The van der Waals surface area contributed by atoms with Crippen LogP contribution in [-0.2, 0) is 39.4 Å². The second-order valence-corrected chi connectivity index (χ2v) is 10.3. The lowest BCUT2D eigenvalue weighted by molar-refractivity contribution is -0.140. The van der Waals surface area contributed by atoms with Crippen LogP contribution in [0, 0.1) is 0 Å².